The number of sulfonamides is 1. The monoisotopic (exact) mass is 498 g/mol. The summed E-state index contributed by atoms with van der Waals surface area (Å²) in [4.78, 5) is 14.9. The molecule has 1 N–H and O–H groups in total. The Bertz CT molecular complexity index is 1310. The molecule has 4 atom stereocenters. The number of hydrogen-bond acceptors (Lipinski definition) is 4. The fourth-order valence-electron chi connectivity index (χ4n) is 6.85. The minimum atomic E-state index is -3.70. The van der Waals surface area contributed by atoms with E-state index in [0.717, 1.165) is 37.7 Å². The van der Waals surface area contributed by atoms with Crippen molar-refractivity contribution in [3.05, 3.63) is 65.2 Å². The van der Waals surface area contributed by atoms with Crippen LogP contribution in [-0.2, 0) is 21.2 Å². The smallest absolute Gasteiger partial charge is 0.304 e. The van der Waals surface area contributed by atoms with Crippen LogP contribution in [0.4, 0.5) is 10.1 Å². The van der Waals surface area contributed by atoms with Crippen LogP contribution in [0.3, 0.4) is 0 Å². The van der Waals surface area contributed by atoms with Crippen molar-refractivity contribution < 1.29 is 22.7 Å². The lowest BCUT2D eigenvalue weighted by molar-refractivity contribution is -0.136. The molecular formula is C27H31FN2O4S. The molecule has 5 rings (SSSR count). The van der Waals surface area contributed by atoms with Gasteiger partial charge in [0.15, 0.2) is 0 Å². The summed E-state index contributed by atoms with van der Waals surface area (Å²) in [6, 6.07) is 7.49. The molecule has 3 aliphatic carbocycles. The third-order valence-corrected chi connectivity index (χ3v) is 10.4. The van der Waals surface area contributed by atoms with Crippen LogP contribution in [0.15, 0.2) is 42.7 Å². The van der Waals surface area contributed by atoms with Gasteiger partial charge in [-0.2, -0.15) is 0 Å². The number of pyridine rings is 1. The number of carbonyl (C=O) groups is 1. The van der Waals surface area contributed by atoms with Crippen molar-refractivity contribution >= 4 is 27.3 Å². The van der Waals surface area contributed by atoms with E-state index in [-0.39, 0.29) is 11.2 Å². The lowest BCUT2D eigenvalue weighted by Gasteiger charge is -2.50. The number of aryl methyl sites for hydroxylation is 1. The maximum absolute atomic E-state index is 13.9. The van der Waals surface area contributed by atoms with E-state index >= 15 is 0 Å². The second kappa shape index (κ2) is 8.73. The van der Waals surface area contributed by atoms with Gasteiger partial charge in [-0.3, -0.25) is 14.1 Å². The Hall–Kier alpha value is -2.74. The van der Waals surface area contributed by atoms with Crippen molar-refractivity contribution in [3.63, 3.8) is 0 Å². The number of carboxylic acid groups (broad SMARTS) is 1. The van der Waals surface area contributed by atoms with Crippen molar-refractivity contribution in [1.29, 1.82) is 0 Å². The first-order chi connectivity index (χ1) is 16.6. The van der Waals surface area contributed by atoms with Crippen LogP contribution >= 0.6 is 0 Å². The molecule has 0 unspecified atom stereocenters. The Balaban J connectivity index is 1.38. The zero-order chi connectivity index (χ0) is 25.0. The quantitative estimate of drug-likeness (QED) is 0.605. The first-order valence-corrected chi connectivity index (χ1v) is 13.8. The number of rotatable bonds is 6. The SMILES string of the molecule is CN(c1ccc2c(c1)CC[C@@H]1[C@@H]2CC[C@]2(C)C(c3cncc(F)c3)=CC[C@@H]12)S(=O)(=O)CCC(=O)O. The minimum absolute atomic E-state index is 0.00647. The van der Waals surface area contributed by atoms with E-state index in [0.29, 0.717) is 23.4 Å². The van der Waals surface area contributed by atoms with Crippen molar-refractivity contribution in [1.82, 2.24) is 4.98 Å². The first-order valence-electron chi connectivity index (χ1n) is 12.2. The summed E-state index contributed by atoms with van der Waals surface area (Å²) in [5, 5.41) is 8.87. The standard InChI is InChI=1S/C27H31FN2O4S/c1-27-11-9-22-21-6-4-20(30(2)35(33,34)12-10-26(31)32)14-17(21)3-5-23(22)25(27)8-7-24(27)18-13-19(28)16-29-15-18/h4,6-7,13-16,22-23,25H,3,5,8-12H2,1-2H3,(H,31,32)/t22-,23-,25+,27-/m1/s1. The average molecular weight is 499 g/mol. The van der Waals surface area contributed by atoms with Gasteiger partial charge < -0.3 is 5.11 Å². The number of fused-ring (bicyclic) bond motifs is 5. The van der Waals surface area contributed by atoms with Gasteiger partial charge in [0.1, 0.15) is 5.82 Å². The molecule has 0 bridgehead atoms. The van der Waals surface area contributed by atoms with E-state index in [2.05, 4.69) is 24.1 Å². The highest BCUT2D eigenvalue weighted by molar-refractivity contribution is 7.92. The molecule has 35 heavy (non-hydrogen) atoms. The summed E-state index contributed by atoms with van der Waals surface area (Å²) in [7, 11) is -2.21. The Labute approximate surface area is 205 Å². The highest BCUT2D eigenvalue weighted by atomic mass is 32.2. The van der Waals surface area contributed by atoms with E-state index in [9.17, 15) is 17.6 Å². The van der Waals surface area contributed by atoms with Gasteiger partial charge >= 0.3 is 5.97 Å². The Morgan fingerprint density at radius 1 is 1.26 bits per heavy atom. The highest BCUT2D eigenvalue weighted by Crippen LogP contribution is 2.63. The fraction of sp³-hybridized carbons (Fsp3) is 0.481. The molecule has 0 spiro atoms. The lowest BCUT2D eigenvalue weighted by Crippen LogP contribution is -2.41. The number of hydrogen-bond donors (Lipinski definition) is 1. The summed E-state index contributed by atoms with van der Waals surface area (Å²) < 4.78 is 40.3. The van der Waals surface area contributed by atoms with Crippen LogP contribution in [0.2, 0.25) is 0 Å². The van der Waals surface area contributed by atoms with Crippen molar-refractivity contribution in [3.8, 4) is 0 Å². The van der Waals surface area contributed by atoms with E-state index < -0.39 is 28.2 Å². The molecule has 0 saturated heterocycles. The van der Waals surface area contributed by atoms with E-state index in [4.69, 9.17) is 5.11 Å². The summed E-state index contributed by atoms with van der Waals surface area (Å²) in [5.41, 5.74) is 5.20. The van der Waals surface area contributed by atoms with Crippen molar-refractivity contribution in [2.24, 2.45) is 17.3 Å². The molecule has 3 aliphatic rings. The molecule has 1 aromatic carbocycles. The summed E-state index contributed by atoms with van der Waals surface area (Å²) in [6.45, 7) is 2.33. The van der Waals surface area contributed by atoms with Crippen LogP contribution in [0, 0.1) is 23.1 Å². The third kappa shape index (κ3) is 4.15. The third-order valence-electron chi connectivity index (χ3n) is 8.66. The number of allylic oxidation sites excluding steroid dienone is 2. The van der Waals surface area contributed by atoms with Crippen LogP contribution in [-0.4, -0.2) is 37.3 Å². The molecule has 1 heterocycles. The molecule has 1 aromatic heterocycles. The molecule has 2 aromatic rings. The minimum Gasteiger partial charge on any atom is -0.481 e. The zero-order valence-electron chi connectivity index (χ0n) is 20.1. The van der Waals surface area contributed by atoms with Gasteiger partial charge in [0.2, 0.25) is 10.0 Å². The van der Waals surface area contributed by atoms with E-state index in [1.165, 1.54) is 34.2 Å². The predicted molar refractivity (Wildman–Crippen MR) is 133 cm³/mol. The van der Waals surface area contributed by atoms with Crippen molar-refractivity contribution in [2.45, 2.75) is 51.4 Å². The molecule has 1 fully saturated rings. The number of nitrogens with zero attached hydrogens (tertiary/aromatic N) is 2. The number of benzene rings is 1. The number of aliphatic carboxylic acids is 1. The largest absolute Gasteiger partial charge is 0.481 e. The fourth-order valence-corrected chi connectivity index (χ4v) is 7.99. The molecule has 6 nitrogen and oxygen atoms in total. The molecule has 0 aliphatic heterocycles. The van der Waals surface area contributed by atoms with Gasteiger partial charge in [-0.15, -0.1) is 0 Å². The maximum Gasteiger partial charge on any atom is 0.304 e. The summed E-state index contributed by atoms with van der Waals surface area (Å²) in [5.74, 6) is -0.400. The van der Waals surface area contributed by atoms with Gasteiger partial charge in [0.05, 0.1) is 24.1 Å². The Kier molecular flexibility index (Phi) is 5.98. The van der Waals surface area contributed by atoms with Gasteiger partial charge in [-0.1, -0.05) is 19.1 Å². The molecule has 1 saturated carbocycles. The number of aromatic nitrogens is 1. The molecule has 186 valence electrons. The van der Waals surface area contributed by atoms with Gasteiger partial charge in [0, 0.05) is 13.2 Å². The van der Waals surface area contributed by atoms with Crippen molar-refractivity contribution in [2.75, 3.05) is 17.1 Å². The summed E-state index contributed by atoms with van der Waals surface area (Å²) in [6.07, 6.45) is 9.87. The number of carboxylic acids is 1. The normalized spacial score (nSPS) is 27.4. The first kappa shape index (κ1) is 24.0. The highest BCUT2D eigenvalue weighted by Gasteiger charge is 2.52. The summed E-state index contributed by atoms with van der Waals surface area (Å²) >= 11 is 0. The van der Waals surface area contributed by atoms with E-state index in [1.54, 1.807) is 12.3 Å². The molecule has 0 amide bonds. The Morgan fingerprint density at radius 3 is 2.80 bits per heavy atom. The second-order valence-electron chi connectivity index (χ2n) is 10.4. The zero-order valence-corrected chi connectivity index (χ0v) is 20.9. The maximum atomic E-state index is 13.9. The van der Waals surface area contributed by atoms with Gasteiger partial charge in [-0.05, 0) is 95.7 Å². The van der Waals surface area contributed by atoms with E-state index in [1.807, 2.05) is 12.1 Å². The lowest BCUT2D eigenvalue weighted by atomic mass is 9.54. The van der Waals surface area contributed by atoms with Crippen LogP contribution in [0.1, 0.15) is 61.6 Å². The topological polar surface area (TPSA) is 87.6 Å². The second-order valence-corrected chi connectivity index (χ2v) is 12.5. The molecular weight excluding hydrogens is 467 g/mol. The van der Waals surface area contributed by atoms with Gasteiger partial charge in [0.25, 0.3) is 0 Å². The average Bonchev–Trinajstić information content (AvgIpc) is 3.19. The molecule has 0 radical (unpaired) electrons. The molecule has 8 heteroatoms. The van der Waals surface area contributed by atoms with Crippen LogP contribution < -0.4 is 4.31 Å². The van der Waals surface area contributed by atoms with Crippen LogP contribution in [0.25, 0.3) is 5.57 Å². The predicted octanol–water partition coefficient (Wildman–Crippen LogP) is 5.01. The Morgan fingerprint density at radius 2 is 2.06 bits per heavy atom. The number of halogens is 1. The van der Waals surface area contributed by atoms with Crippen LogP contribution in [0.5, 0.6) is 0 Å². The number of anilines is 1. The van der Waals surface area contributed by atoms with Gasteiger partial charge in [-0.25, -0.2) is 12.8 Å².